The molecule has 2 N–H and O–H groups in total. The summed E-state index contributed by atoms with van der Waals surface area (Å²) in [4.78, 5) is 19.7. The van der Waals surface area contributed by atoms with Gasteiger partial charge in [0.25, 0.3) is 0 Å². The number of aromatic amines is 1. The highest BCUT2D eigenvalue weighted by Gasteiger charge is 2.26. The third-order valence-electron chi connectivity index (χ3n) is 4.39. The van der Waals surface area contributed by atoms with Crippen LogP contribution in [0.4, 0.5) is 18.9 Å². The van der Waals surface area contributed by atoms with Crippen LogP contribution in [-0.4, -0.2) is 39.3 Å². The lowest BCUT2D eigenvalue weighted by molar-refractivity contribution is 0.103. The van der Waals surface area contributed by atoms with E-state index in [1.165, 1.54) is 12.3 Å². The Kier molecular flexibility index (Phi) is 4.79. The first-order valence-corrected chi connectivity index (χ1v) is 9.08. The second-order valence-electron chi connectivity index (χ2n) is 6.18. The fraction of sp³-hybridized carbons (Fsp3) is 0.222. The number of aromatic nitrogens is 2. The number of nitrogens with one attached hydrogen (secondary N) is 2. The molecule has 1 aliphatic rings. The third kappa shape index (κ3) is 3.40. The highest BCUT2D eigenvalue weighted by molar-refractivity contribution is 7.98. The van der Waals surface area contributed by atoms with E-state index in [-0.39, 0.29) is 17.8 Å². The maximum absolute atomic E-state index is 14.9. The summed E-state index contributed by atoms with van der Waals surface area (Å²) in [6.07, 6.45) is 2.44. The Labute approximate surface area is 157 Å². The molecule has 3 heterocycles. The summed E-state index contributed by atoms with van der Waals surface area (Å²) in [6, 6.07) is 5.55. The van der Waals surface area contributed by atoms with Gasteiger partial charge in [0.2, 0.25) is 5.78 Å². The van der Waals surface area contributed by atoms with Gasteiger partial charge in [0, 0.05) is 48.6 Å². The summed E-state index contributed by atoms with van der Waals surface area (Å²) in [7, 11) is 0. The number of pyridine rings is 1. The Morgan fingerprint density at radius 1 is 1.33 bits per heavy atom. The van der Waals surface area contributed by atoms with Gasteiger partial charge in [0.15, 0.2) is 5.82 Å². The first-order valence-electron chi connectivity index (χ1n) is 8.31. The number of carbonyl (C=O) groups excluding carboxylic acids is 1. The predicted octanol–water partition coefficient (Wildman–Crippen LogP) is 4.09. The minimum Gasteiger partial charge on any atom is -0.345 e. The van der Waals surface area contributed by atoms with E-state index in [0.717, 1.165) is 18.2 Å². The van der Waals surface area contributed by atoms with E-state index < -0.39 is 29.2 Å². The number of benzene rings is 1. The molecule has 0 spiro atoms. The van der Waals surface area contributed by atoms with Crippen molar-refractivity contribution in [3.8, 4) is 0 Å². The molecule has 0 saturated carbocycles. The van der Waals surface area contributed by atoms with Crippen molar-refractivity contribution in [3.05, 3.63) is 59.4 Å². The molecule has 140 valence electrons. The van der Waals surface area contributed by atoms with Crippen molar-refractivity contribution in [2.45, 2.75) is 12.6 Å². The molecular formula is C18H15F3N4OS. The minimum absolute atomic E-state index is 0.0370. The number of hydrogen-bond donors (Lipinski definition) is 2. The van der Waals surface area contributed by atoms with Crippen LogP contribution in [-0.2, 0) is 0 Å². The number of nitrogens with zero attached hydrogens (tertiary/aromatic N) is 2. The second-order valence-corrected chi connectivity index (χ2v) is 7.09. The molecule has 1 saturated heterocycles. The topological polar surface area (TPSA) is 61.0 Å². The van der Waals surface area contributed by atoms with Crippen molar-refractivity contribution >= 4 is 34.6 Å². The van der Waals surface area contributed by atoms with E-state index in [2.05, 4.69) is 14.7 Å². The first-order chi connectivity index (χ1) is 13.0. The molecule has 2 aromatic heterocycles. The highest BCUT2D eigenvalue weighted by Crippen LogP contribution is 2.29. The largest absolute Gasteiger partial charge is 0.345 e. The molecule has 0 amide bonds. The normalized spacial score (nSPS) is 17.5. The van der Waals surface area contributed by atoms with Crippen molar-refractivity contribution in [1.82, 2.24) is 14.3 Å². The Morgan fingerprint density at radius 2 is 2.19 bits per heavy atom. The highest BCUT2D eigenvalue weighted by atomic mass is 32.2. The average molecular weight is 392 g/mol. The summed E-state index contributed by atoms with van der Waals surface area (Å²) in [5.74, 6) is -2.71. The van der Waals surface area contributed by atoms with E-state index in [0.29, 0.717) is 24.0 Å². The van der Waals surface area contributed by atoms with E-state index in [1.54, 1.807) is 22.6 Å². The zero-order chi connectivity index (χ0) is 19.0. The third-order valence-corrected chi connectivity index (χ3v) is 5.29. The molecule has 1 aliphatic heterocycles. The molecule has 3 aromatic rings. The SMILES string of the molecule is O=C(c1c(F)ccc(NSN2CCC(F)C2)c1F)c1c[nH]c2ncccc12. The first kappa shape index (κ1) is 17.9. The van der Waals surface area contributed by atoms with Crippen molar-refractivity contribution in [2.75, 3.05) is 17.8 Å². The zero-order valence-corrected chi connectivity index (χ0v) is 14.8. The van der Waals surface area contributed by atoms with Gasteiger partial charge in [-0.25, -0.2) is 22.5 Å². The Morgan fingerprint density at radius 3 is 2.96 bits per heavy atom. The van der Waals surface area contributed by atoms with Crippen LogP contribution in [0, 0.1) is 11.6 Å². The summed E-state index contributed by atoms with van der Waals surface area (Å²) in [5, 5.41) is 0.486. The molecule has 1 atom stereocenters. The number of fused-ring (bicyclic) bond motifs is 1. The van der Waals surface area contributed by atoms with Gasteiger partial charge < -0.3 is 9.71 Å². The van der Waals surface area contributed by atoms with Gasteiger partial charge in [0.05, 0.1) is 11.3 Å². The maximum Gasteiger partial charge on any atom is 0.201 e. The van der Waals surface area contributed by atoms with Crippen LogP contribution in [0.25, 0.3) is 11.0 Å². The number of hydrogen-bond acceptors (Lipinski definition) is 5. The van der Waals surface area contributed by atoms with Crippen LogP contribution in [0.3, 0.4) is 0 Å². The van der Waals surface area contributed by atoms with E-state index in [1.807, 2.05) is 0 Å². The Balaban J connectivity index is 1.63. The van der Waals surface area contributed by atoms with Gasteiger partial charge in [-0.05, 0) is 30.7 Å². The second kappa shape index (κ2) is 7.24. The van der Waals surface area contributed by atoms with Crippen LogP contribution < -0.4 is 4.72 Å². The molecule has 1 unspecified atom stereocenters. The molecule has 9 heteroatoms. The molecule has 4 rings (SSSR count). The number of ketones is 1. The number of halogens is 3. The number of H-pyrrole nitrogens is 1. The van der Waals surface area contributed by atoms with Gasteiger partial charge >= 0.3 is 0 Å². The summed E-state index contributed by atoms with van der Waals surface area (Å²) in [5.41, 5.74) is -0.0815. The van der Waals surface area contributed by atoms with Gasteiger partial charge in [0.1, 0.15) is 17.6 Å². The van der Waals surface area contributed by atoms with Crippen molar-refractivity contribution in [3.63, 3.8) is 0 Å². The number of anilines is 1. The summed E-state index contributed by atoms with van der Waals surface area (Å²) in [6.45, 7) is 0.754. The fourth-order valence-electron chi connectivity index (χ4n) is 3.00. The number of alkyl halides is 1. The average Bonchev–Trinajstić information content (AvgIpc) is 3.27. The number of carbonyl (C=O) groups is 1. The molecule has 1 fully saturated rings. The van der Waals surface area contributed by atoms with Crippen molar-refractivity contribution < 1.29 is 18.0 Å². The van der Waals surface area contributed by atoms with Crippen LogP contribution in [0.1, 0.15) is 22.3 Å². The van der Waals surface area contributed by atoms with Crippen molar-refractivity contribution in [2.24, 2.45) is 0 Å². The lowest BCUT2D eigenvalue weighted by Gasteiger charge is -2.15. The monoisotopic (exact) mass is 392 g/mol. The van der Waals surface area contributed by atoms with Crippen LogP contribution in [0.15, 0.2) is 36.7 Å². The lowest BCUT2D eigenvalue weighted by Crippen LogP contribution is -2.16. The van der Waals surface area contributed by atoms with E-state index in [9.17, 15) is 18.0 Å². The minimum atomic E-state index is -0.985. The van der Waals surface area contributed by atoms with Crippen LogP contribution in [0.2, 0.25) is 0 Å². The lowest BCUT2D eigenvalue weighted by atomic mass is 10.0. The van der Waals surface area contributed by atoms with Crippen molar-refractivity contribution in [1.29, 1.82) is 0 Å². The molecule has 1 aromatic carbocycles. The van der Waals surface area contributed by atoms with E-state index in [4.69, 9.17) is 0 Å². The standard InChI is InChI=1S/C18H15F3N4OS/c19-10-5-7-25(9-10)27-24-14-4-3-13(20)15(16(14)21)17(26)12-8-23-18-11(12)2-1-6-22-18/h1-4,6,8,10,24H,5,7,9H2,(H,22,23). The fourth-order valence-corrected chi connectivity index (χ4v) is 3.82. The number of rotatable bonds is 5. The molecule has 0 bridgehead atoms. The summed E-state index contributed by atoms with van der Waals surface area (Å²) >= 11 is 1.03. The van der Waals surface area contributed by atoms with Gasteiger partial charge in [-0.1, -0.05) is 0 Å². The van der Waals surface area contributed by atoms with Gasteiger partial charge in [-0.3, -0.25) is 4.79 Å². The van der Waals surface area contributed by atoms with E-state index >= 15 is 0 Å². The molecular weight excluding hydrogens is 377 g/mol. The summed E-state index contributed by atoms with van der Waals surface area (Å²) < 4.78 is 46.8. The Hall–Kier alpha value is -2.52. The zero-order valence-electron chi connectivity index (χ0n) is 14.0. The quantitative estimate of drug-likeness (QED) is 0.506. The maximum atomic E-state index is 14.9. The van der Waals surface area contributed by atoms with Gasteiger partial charge in [-0.2, -0.15) is 0 Å². The molecule has 27 heavy (non-hydrogen) atoms. The van der Waals surface area contributed by atoms with Crippen LogP contribution in [0.5, 0.6) is 0 Å². The predicted molar refractivity (Wildman–Crippen MR) is 98.2 cm³/mol. The molecule has 5 nitrogen and oxygen atoms in total. The Bertz CT molecular complexity index is 1010. The van der Waals surface area contributed by atoms with Crippen LogP contribution >= 0.6 is 12.1 Å². The molecule has 0 aliphatic carbocycles. The molecule has 0 radical (unpaired) electrons. The smallest absolute Gasteiger partial charge is 0.201 e. The van der Waals surface area contributed by atoms with Gasteiger partial charge in [-0.15, -0.1) is 0 Å².